The smallest absolute Gasteiger partial charge is 0.324 e. The van der Waals surface area contributed by atoms with Crippen LogP contribution in [-0.2, 0) is 9.13 Å². The fourth-order valence-corrected chi connectivity index (χ4v) is 5.46. The zero-order valence-corrected chi connectivity index (χ0v) is 20.3. The van der Waals surface area contributed by atoms with Gasteiger partial charge in [0.05, 0.1) is 0 Å². The van der Waals surface area contributed by atoms with E-state index in [1.165, 1.54) is 11.1 Å². The van der Waals surface area contributed by atoms with E-state index in [2.05, 4.69) is 12.2 Å². The highest BCUT2D eigenvalue weighted by molar-refractivity contribution is 7.72. The van der Waals surface area contributed by atoms with Gasteiger partial charge in [0.1, 0.15) is 0 Å². The molecule has 0 aromatic carbocycles. The van der Waals surface area contributed by atoms with Gasteiger partial charge in [-0.25, -0.2) is 0 Å². The van der Waals surface area contributed by atoms with Gasteiger partial charge in [0.15, 0.2) is 4.90 Å². The first-order valence-corrected chi connectivity index (χ1v) is 13.0. The molecule has 168 valence electrons. The molecule has 0 radical (unpaired) electrons. The average molecular weight is 448 g/mol. The molecule has 6 nitrogen and oxygen atoms in total. The van der Waals surface area contributed by atoms with Crippen LogP contribution in [0.4, 0.5) is 0 Å². The van der Waals surface area contributed by atoms with Crippen LogP contribution >= 0.6 is 15.2 Å². The van der Waals surface area contributed by atoms with Gasteiger partial charge in [0, 0.05) is 0 Å². The standard InChI is InChI=1S/C21H38O6P2/c1-17(2)9-7-11-19(5)13-15-21(28(22,23)24,29(25,26)27)16-14-20(6)12-8-10-18(3)4/h9-10,13-14H,7-8,11-12,15-16H2,1-6H3,(H2,22,23,24)(H2,25,26,27). The van der Waals surface area contributed by atoms with Crippen LogP contribution < -0.4 is 0 Å². The maximum Gasteiger partial charge on any atom is 0.344 e. The van der Waals surface area contributed by atoms with Gasteiger partial charge in [-0.05, 0) is 80.1 Å². The normalized spacial score (nSPS) is 14.0. The molecule has 29 heavy (non-hydrogen) atoms. The molecular formula is C21H38O6P2. The molecule has 0 aromatic heterocycles. The third-order valence-electron chi connectivity index (χ3n) is 4.82. The maximum atomic E-state index is 12.3. The molecule has 4 N–H and O–H groups in total. The number of rotatable bonds is 12. The number of hydrogen-bond donors (Lipinski definition) is 4. The molecule has 0 unspecified atom stereocenters. The summed E-state index contributed by atoms with van der Waals surface area (Å²) in [6, 6.07) is 0. The zero-order valence-electron chi connectivity index (χ0n) is 18.6. The van der Waals surface area contributed by atoms with Gasteiger partial charge in [-0.2, -0.15) is 0 Å². The Morgan fingerprint density at radius 1 is 0.655 bits per heavy atom. The topological polar surface area (TPSA) is 115 Å². The molecule has 0 saturated heterocycles. The molecule has 0 saturated carbocycles. The van der Waals surface area contributed by atoms with Crippen molar-refractivity contribution in [2.75, 3.05) is 0 Å². The van der Waals surface area contributed by atoms with Crippen LogP contribution in [0.2, 0.25) is 0 Å². The Morgan fingerprint density at radius 3 is 1.21 bits per heavy atom. The predicted molar refractivity (Wildman–Crippen MR) is 121 cm³/mol. The van der Waals surface area contributed by atoms with E-state index in [4.69, 9.17) is 0 Å². The fraction of sp³-hybridized carbons (Fsp3) is 0.619. The van der Waals surface area contributed by atoms with Gasteiger partial charge in [0.25, 0.3) is 0 Å². The summed E-state index contributed by atoms with van der Waals surface area (Å²) in [6.45, 7) is 11.6. The first kappa shape index (κ1) is 28.3. The lowest BCUT2D eigenvalue weighted by molar-refractivity contribution is 0.307. The summed E-state index contributed by atoms with van der Waals surface area (Å²) in [4.78, 5) is 37.3. The lowest BCUT2D eigenvalue weighted by Gasteiger charge is -2.33. The molecule has 0 aliphatic rings. The van der Waals surface area contributed by atoms with Crippen LogP contribution in [0.3, 0.4) is 0 Å². The van der Waals surface area contributed by atoms with E-state index in [0.717, 1.165) is 24.0 Å². The summed E-state index contributed by atoms with van der Waals surface area (Å²) in [5.41, 5.74) is 4.04. The Bertz CT molecular complexity index is 677. The Kier molecular flexibility index (Phi) is 11.9. The fourth-order valence-electron chi connectivity index (χ4n) is 2.79. The van der Waals surface area contributed by atoms with Gasteiger partial charge in [-0.3, -0.25) is 9.13 Å². The van der Waals surface area contributed by atoms with Gasteiger partial charge >= 0.3 is 15.2 Å². The van der Waals surface area contributed by atoms with Crippen molar-refractivity contribution >= 4 is 15.2 Å². The molecule has 0 aliphatic heterocycles. The number of hydrogen-bond acceptors (Lipinski definition) is 2. The molecule has 0 spiro atoms. The van der Waals surface area contributed by atoms with Crippen molar-refractivity contribution in [3.05, 3.63) is 46.6 Å². The quantitative estimate of drug-likeness (QED) is 0.209. The highest BCUT2D eigenvalue weighted by atomic mass is 31.2. The second-order valence-electron chi connectivity index (χ2n) is 8.22. The van der Waals surface area contributed by atoms with Crippen molar-refractivity contribution < 1.29 is 28.7 Å². The average Bonchev–Trinajstić information content (AvgIpc) is 2.51. The van der Waals surface area contributed by atoms with Crippen LogP contribution in [0.15, 0.2) is 46.6 Å². The SMILES string of the molecule is CC(C)=CCCC(C)=CCC(CC=C(C)CCC=C(C)C)(P(=O)(O)O)P(=O)(O)O. The van der Waals surface area contributed by atoms with Gasteiger partial charge in [-0.15, -0.1) is 0 Å². The van der Waals surface area contributed by atoms with Crippen molar-refractivity contribution in [1.82, 2.24) is 0 Å². The van der Waals surface area contributed by atoms with Crippen molar-refractivity contribution in [2.45, 2.75) is 85.0 Å². The molecule has 0 aromatic rings. The minimum absolute atomic E-state index is 0.375. The summed E-state index contributed by atoms with van der Waals surface area (Å²) in [7, 11) is -10.2. The van der Waals surface area contributed by atoms with E-state index in [1.807, 2.05) is 41.5 Å². The first-order valence-electron chi connectivity index (χ1n) is 9.81. The van der Waals surface area contributed by atoms with Crippen molar-refractivity contribution in [3.63, 3.8) is 0 Å². The summed E-state index contributed by atoms with van der Waals surface area (Å²) >= 11 is 0. The van der Waals surface area contributed by atoms with Crippen LogP contribution in [0, 0.1) is 0 Å². The largest absolute Gasteiger partial charge is 0.344 e. The van der Waals surface area contributed by atoms with Gasteiger partial charge in [0.2, 0.25) is 0 Å². The second kappa shape index (κ2) is 12.2. The molecular weight excluding hydrogens is 410 g/mol. The number of allylic oxidation sites excluding steroid dienone is 8. The van der Waals surface area contributed by atoms with Crippen molar-refractivity contribution in [3.8, 4) is 0 Å². The molecule has 8 heteroatoms. The predicted octanol–water partition coefficient (Wildman–Crippen LogP) is 6.20. The van der Waals surface area contributed by atoms with E-state index >= 15 is 0 Å². The maximum absolute atomic E-state index is 12.3. The molecule has 0 fully saturated rings. The van der Waals surface area contributed by atoms with Gasteiger partial charge in [-0.1, -0.05) is 46.6 Å². The zero-order chi connectivity index (χ0) is 22.9. The molecule has 0 amide bonds. The third-order valence-corrected chi connectivity index (χ3v) is 9.28. The van der Waals surface area contributed by atoms with Gasteiger partial charge < -0.3 is 19.6 Å². The van der Waals surface area contributed by atoms with E-state index in [1.54, 1.807) is 12.2 Å². The van der Waals surface area contributed by atoms with E-state index in [0.29, 0.717) is 12.8 Å². The van der Waals surface area contributed by atoms with Crippen molar-refractivity contribution in [1.29, 1.82) is 0 Å². The highest BCUT2D eigenvalue weighted by Gasteiger charge is 2.58. The van der Waals surface area contributed by atoms with Crippen LogP contribution in [-0.4, -0.2) is 24.5 Å². The molecule has 0 atom stereocenters. The third kappa shape index (κ3) is 10.2. The lowest BCUT2D eigenvalue weighted by Crippen LogP contribution is -2.28. The highest BCUT2D eigenvalue weighted by Crippen LogP contribution is 2.72. The van der Waals surface area contributed by atoms with E-state index in [-0.39, 0.29) is 12.8 Å². The van der Waals surface area contributed by atoms with E-state index in [9.17, 15) is 28.7 Å². The second-order valence-corrected chi connectivity index (χ2v) is 12.5. The lowest BCUT2D eigenvalue weighted by atomic mass is 10.1. The molecule has 0 rings (SSSR count). The van der Waals surface area contributed by atoms with E-state index < -0.39 is 20.1 Å². The Hall–Kier alpha value is -0.740. The van der Waals surface area contributed by atoms with Crippen molar-refractivity contribution in [2.24, 2.45) is 0 Å². The Morgan fingerprint density at radius 2 is 0.966 bits per heavy atom. The van der Waals surface area contributed by atoms with Crippen LogP contribution in [0.25, 0.3) is 0 Å². The Labute approximate surface area is 175 Å². The van der Waals surface area contributed by atoms with Crippen LogP contribution in [0.5, 0.6) is 0 Å². The molecule has 0 aliphatic carbocycles. The monoisotopic (exact) mass is 448 g/mol. The summed E-state index contributed by atoms with van der Waals surface area (Å²) < 4.78 is 24.5. The molecule has 0 bridgehead atoms. The summed E-state index contributed by atoms with van der Waals surface area (Å²) in [6.07, 6.45) is 9.35. The van der Waals surface area contributed by atoms with Crippen LogP contribution in [0.1, 0.15) is 80.1 Å². The Balaban J connectivity index is 5.69. The summed E-state index contributed by atoms with van der Waals surface area (Å²) in [5.74, 6) is 0. The summed E-state index contributed by atoms with van der Waals surface area (Å²) in [5, 5.41) is 0. The molecule has 0 heterocycles. The minimum Gasteiger partial charge on any atom is -0.324 e. The first-order chi connectivity index (χ1) is 13.1. The minimum atomic E-state index is -5.10.